The molecule has 0 aliphatic heterocycles. The number of aromatic nitrogens is 2. The van der Waals surface area contributed by atoms with Crippen molar-refractivity contribution < 1.29 is 0 Å². The smallest absolute Gasteiger partial charge is 0.133 e. The summed E-state index contributed by atoms with van der Waals surface area (Å²) in [6.45, 7) is 2.01. The van der Waals surface area contributed by atoms with Crippen molar-refractivity contribution in [2.75, 3.05) is 0 Å². The summed E-state index contributed by atoms with van der Waals surface area (Å²) in [7, 11) is 0. The predicted octanol–water partition coefficient (Wildman–Crippen LogP) is 3.06. The van der Waals surface area contributed by atoms with Crippen LogP contribution < -0.4 is 0 Å². The Morgan fingerprint density at radius 3 is 2.92 bits per heavy atom. The molecule has 0 amide bonds. The Hall–Kier alpha value is -0.540. The second kappa shape index (κ2) is 2.75. The van der Waals surface area contributed by atoms with E-state index >= 15 is 0 Å². The second-order valence-corrected chi connectivity index (χ2v) is 3.73. The van der Waals surface area contributed by atoms with Gasteiger partial charge < -0.3 is 4.40 Å². The zero-order chi connectivity index (χ0) is 8.72. The minimum Gasteiger partial charge on any atom is -0.301 e. The third-order valence-electron chi connectivity index (χ3n) is 1.80. The molecular formula is C8H6BrClN2. The number of rotatable bonds is 0. The zero-order valence-electron chi connectivity index (χ0n) is 6.38. The predicted molar refractivity (Wildman–Crippen MR) is 52.6 cm³/mol. The number of halogens is 2. The monoisotopic (exact) mass is 244 g/mol. The van der Waals surface area contributed by atoms with E-state index in [2.05, 4.69) is 20.9 Å². The molecule has 0 radical (unpaired) electrons. The van der Waals surface area contributed by atoms with Gasteiger partial charge in [0.15, 0.2) is 0 Å². The summed E-state index contributed by atoms with van der Waals surface area (Å²) < 4.78 is 2.74. The average Bonchev–Trinajstić information content (AvgIpc) is 2.42. The molecule has 2 rings (SSSR count). The molecule has 0 unspecified atom stereocenters. The molecule has 2 nitrogen and oxygen atoms in total. The SMILES string of the molecule is Cc1ccc(Cl)c2c(Br)ncn12. The van der Waals surface area contributed by atoms with Crippen LogP contribution in [-0.2, 0) is 0 Å². The molecule has 0 spiro atoms. The lowest BCUT2D eigenvalue weighted by molar-refractivity contribution is 1.07. The highest BCUT2D eigenvalue weighted by Gasteiger charge is 2.06. The molecule has 0 saturated heterocycles. The molecule has 0 bridgehead atoms. The van der Waals surface area contributed by atoms with Crippen LogP contribution >= 0.6 is 27.5 Å². The fourth-order valence-electron chi connectivity index (χ4n) is 1.16. The van der Waals surface area contributed by atoms with Gasteiger partial charge in [0, 0.05) is 5.69 Å². The maximum Gasteiger partial charge on any atom is 0.133 e. The van der Waals surface area contributed by atoms with Gasteiger partial charge in [-0.05, 0) is 35.0 Å². The third kappa shape index (κ3) is 1.04. The van der Waals surface area contributed by atoms with Gasteiger partial charge in [-0.2, -0.15) is 0 Å². The van der Waals surface area contributed by atoms with Gasteiger partial charge in [-0.15, -0.1) is 0 Å². The van der Waals surface area contributed by atoms with Crippen molar-refractivity contribution in [1.82, 2.24) is 9.38 Å². The summed E-state index contributed by atoms with van der Waals surface area (Å²) in [6.07, 6.45) is 1.75. The van der Waals surface area contributed by atoms with E-state index in [1.807, 2.05) is 23.5 Å². The standard InChI is InChI=1S/C8H6BrClN2/c1-5-2-3-6(10)7-8(9)11-4-12(5)7/h2-4H,1H3. The maximum atomic E-state index is 5.98. The maximum absolute atomic E-state index is 5.98. The Bertz CT molecular complexity index is 436. The van der Waals surface area contributed by atoms with Crippen LogP contribution in [0.1, 0.15) is 5.69 Å². The van der Waals surface area contributed by atoms with Gasteiger partial charge in [0.2, 0.25) is 0 Å². The molecule has 0 aromatic carbocycles. The molecule has 0 N–H and O–H groups in total. The highest BCUT2D eigenvalue weighted by atomic mass is 79.9. The lowest BCUT2D eigenvalue weighted by Gasteiger charge is -2.00. The summed E-state index contributed by atoms with van der Waals surface area (Å²) in [5, 5.41) is 0.713. The van der Waals surface area contributed by atoms with Crippen LogP contribution in [0.15, 0.2) is 23.1 Å². The second-order valence-electron chi connectivity index (χ2n) is 2.58. The number of pyridine rings is 1. The normalized spacial score (nSPS) is 10.9. The van der Waals surface area contributed by atoms with Crippen molar-refractivity contribution in [3.05, 3.63) is 33.8 Å². The van der Waals surface area contributed by atoms with E-state index in [0.717, 1.165) is 15.8 Å². The van der Waals surface area contributed by atoms with Crippen molar-refractivity contribution in [3.63, 3.8) is 0 Å². The Kier molecular flexibility index (Phi) is 1.85. The Morgan fingerprint density at radius 2 is 2.25 bits per heavy atom. The van der Waals surface area contributed by atoms with Gasteiger partial charge in [0.25, 0.3) is 0 Å². The topological polar surface area (TPSA) is 17.3 Å². The first-order valence-electron chi connectivity index (χ1n) is 3.48. The van der Waals surface area contributed by atoms with Gasteiger partial charge in [0.1, 0.15) is 10.9 Å². The lowest BCUT2D eigenvalue weighted by Crippen LogP contribution is -1.88. The molecule has 0 atom stereocenters. The van der Waals surface area contributed by atoms with E-state index in [9.17, 15) is 0 Å². The number of nitrogens with zero attached hydrogens (tertiary/aromatic N) is 2. The number of imidazole rings is 1. The molecule has 62 valence electrons. The molecule has 2 aromatic rings. The molecule has 12 heavy (non-hydrogen) atoms. The first kappa shape index (κ1) is 8.08. The van der Waals surface area contributed by atoms with E-state index in [1.54, 1.807) is 6.33 Å². The van der Waals surface area contributed by atoms with Gasteiger partial charge in [-0.3, -0.25) is 0 Å². The summed E-state index contributed by atoms with van der Waals surface area (Å²) >= 11 is 9.32. The van der Waals surface area contributed by atoms with Crippen LogP contribution in [0.4, 0.5) is 0 Å². The summed E-state index contributed by atoms with van der Waals surface area (Å²) in [6, 6.07) is 3.84. The Balaban J connectivity index is 2.98. The average molecular weight is 246 g/mol. The number of hydrogen-bond donors (Lipinski definition) is 0. The summed E-state index contributed by atoms with van der Waals surface area (Å²) in [5.74, 6) is 0. The van der Waals surface area contributed by atoms with E-state index in [4.69, 9.17) is 11.6 Å². The van der Waals surface area contributed by atoms with Crippen LogP contribution in [-0.4, -0.2) is 9.38 Å². The minimum atomic E-state index is 0.713. The van der Waals surface area contributed by atoms with Crippen molar-refractivity contribution in [1.29, 1.82) is 0 Å². The van der Waals surface area contributed by atoms with Crippen molar-refractivity contribution in [3.8, 4) is 0 Å². The van der Waals surface area contributed by atoms with Gasteiger partial charge in [-0.1, -0.05) is 11.6 Å². The van der Waals surface area contributed by atoms with Crippen LogP contribution in [0.2, 0.25) is 5.02 Å². The molecular weight excluding hydrogens is 239 g/mol. The molecule has 0 aliphatic rings. The molecule has 2 heterocycles. The van der Waals surface area contributed by atoms with Crippen molar-refractivity contribution in [2.45, 2.75) is 6.92 Å². The van der Waals surface area contributed by atoms with Gasteiger partial charge in [0.05, 0.1) is 10.5 Å². The summed E-state index contributed by atoms with van der Waals surface area (Å²) in [4.78, 5) is 4.11. The third-order valence-corrected chi connectivity index (χ3v) is 2.69. The number of hydrogen-bond acceptors (Lipinski definition) is 1. The molecule has 2 aromatic heterocycles. The molecule has 0 aliphatic carbocycles. The fraction of sp³-hybridized carbons (Fsp3) is 0.125. The van der Waals surface area contributed by atoms with E-state index in [1.165, 1.54) is 0 Å². The number of aryl methyl sites for hydroxylation is 1. The van der Waals surface area contributed by atoms with Crippen molar-refractivity contribution >= 4 is 33.0 Å². The van der Waals surface area contributed by atoms with Crippen LogP contribution in [0.25, 0.3) is 5.52 Å². The molecule has 0 fully saturated rings. The quantitative estimate of drug-likeness (QED) is 0.697. The molecule has 0 saturated carbocycles. The van der Waals surface area contributed by atoms with Crippen molar-refractivity contribution in [2.24, 2.45) is 0 Å². The van der Waals surface area contributed by atoms with Gasteiger partial charge in [-0.25, -0.2) is 4.98 Å². The minimum absolute atomic E-state index is 0.713. The van der Waals surface area contributed by atoms with Gasteiger partial charge >= 0.3 is 0 Å². The van der Waals surface area contributed by atoms with Crippen LogP contribution in [0.3, 0.4) is 0 Å². The fourth-order valence-corrected chi connectivity index (χ4v) is 2.01. The Morgan fingerprint density at radius 1 is 1.50 bits per heavy atom. The highest BCUT2D eigenvalue weighted by Crippen LogP contribution is 2.25. The largest absolute Gasteiger partial charge is 0.301 e. The lowest BCUT2D eigenvalue weighted by atomic mass is 10.3. The van der Waals surface area contributed by atoms with E-state index in [-0.39, 0.29) is 0 Å². The first-order valence-corrected chi connectivity index (χ1v) is 4.65. The van der Waals surface area contributed by atoms with E-state index < -0.39 is 0 Å². The zero-order valence-corrected chi connectivity index (χ0v) is 8.72. The highest BCUT2D eigenvalue weighted by molar-refractivity contribution is 9.10. The number of fused-ring (bicyclic) bond motifs is 1. The first-order chi connectivity index (χ1) is 5.70. The van der Waals surface area contributed by atoms with Crippen LogP contribution in [0.5, 0.6) is 0 Å². The Labute approximate surface area is 83.3 Å². The van der Waals surface area contributed by atoms with E-state index in [0.29, 0.717) is 5.02 Å². The molecule has 4 heteroatoms. The summed E-state index contributed by atoms with van der Waals surface area (Å²) in [5.41, 5.74) is 2.05. The van der Waals surface area contributed by atoms with Crippen LogP contribution in [0, 0.1) is 6.92 Å².